The van der Waals surface area contributed by atoms with Crippen molar-refractivity contribution in [2.24, 2.45) is 0 Å². The molecule has 0 heterocycles. The van der Waals surface area contributed by atoms with Gasteiger partial charge in [0.25, 0.3) is 17.9 Å². The summed E-state index contributed by atoms with van der Waals surface area (Å²) in [6.45, 7) is 8.92. The summed E-state index contributed by atoms with van der Waals surface area (Å²) in [5, 5.41) is 22.2. The van der Waals surface area contributed by atoms with Crippen molar-refractivity contribution < 1.29 is 34.4 Å². The molecule has 0 atom stereocenters. The van der Waals surface area contributed by atoms with Crippen molar-refractivity contribution in [3.05, 3.63) is 0 Å². The summed E-state index contributed by atoms with van der Waals surface area (Å²) in [4.78, 5) is 27.0. The molecule has 0 saturated heterocycles. The van der Waals surface area contributed by atoms with Gasteiger partial charge in [-0.05, 0) is 13.8 Å². The van der Waals surface area contributed by atoms with Crippen LogP contribution in [0.2, 0.25) is 0 Å². The van der Waals surface area contributed by atoms with Crippen LogP contribution >= 0.6 is 0 Å². The lowest BCUT2D eigenvalue weighted by atomic mass is 10.8. The predicted molar refractivity (Wildman–Crippen MR) is 62.1 cm³/mol. The van der Waals surface area contributed by atoms with Gasteiger partial charge in [-0.15, -0.1) is 0 Å². The second-order valence-corrected chi connectivity index (χ2v) is 2.34. The molecule has 0 bridgehead atoms. The van der Waals surface area contributed by atoms with Crippen LogP contribution in [0.15, 0.2) is 0 Å². The third-order valence-corrected chi connectivity index (χ3v) is 0.408. The van der Waals surface area contributed by atoms with E-state index in [-0.39, 0.29) is 0 Å². The van der Waals surface area contributed by atoms with Gasteiger partial charge in [0.15, 0.2) is 0 Å². The van der Waals surface area contributed by atoms with Crippen LogP contribution < -0.4 is 0 Å². The van der Waals surface area contributed by atoms with E-state index in [9.17, 15) is 0 Å². The van der Waals surface area contributed by atoms with E-state index < -0.39 is 17.9 Å². The van der Waals surface area contributed by atoms with Crippen LogP contribution in [0.1, 0.15) is 34.6 Å². The first-order chi connectivity index (χ1) is 7.61. The van der Waals surface area contributed by atoms with E-state index in [2.05, 4.69) is 0 Å². The van der Waals surface area contributed by atoms with Gasteiger partial charge in [0.05, 0.1) is 0 Å². The zero-order valence-electron chi connectivity index (χ0n) is 10.9. The Morgan fingerprint density at radius 2 is 0.882 bits per heavy atom. The molecule has 0 aromatic heterocycles. The molecule has 3 N–H and O–H groups in total. The molecule has 0 aromatic rings. The van der Waals surface area contributed by atoms with E-state index in [0.29, 0.717) is 0 Å². The van der Waals surface area contributed by atoms with Crippen molar-refractivity contribution in [2.75, 3.05) is 13.2 Å². The molecule has 0 radical (unpaired) electrons. The van der Waals surface area contributed by atoms with E-state index in [1.165, 1.54) is 0 Å². The van der Waals surface area contributed by atoms with Crippen molar-refractivity contribution in [1.82, 2.24) is 0 Å². The number of carboxylic acid groups (broad SMARTS) is 3. The Morgan fingerprint density at radius 1 is 0.765 bits per heavy atom. The first kappa shape index (κ1) is 24.6. The maximum atomic E-state index is 9.00. The highest BCUT2D eigenvalue weighted by atomic mass is 16.5. The minimum Gasteiger partial charge on any atom is -0.481 e. The number of ether oxygens (including phenoxy) is 1. The molecule has 0 spiro atoms. The van der Waals surface area contributed by atoms with E-state index in [0.717, 1.165) is 34.0 Å². The largest absolute Gasteiger partial charge is 0.481 e. The molecule has 7 nitrogen and oxygen atoms in total. The van der Waals surface area contributed by atoms with Gasteiger partial charge in [-0.2, -0.15) is 0 Å². The molecule has 17 heavy (non-hydrogen) atoms. The summed E-state index contributed by atoms with van der Waals surface area (Å²) in [7, 11) is 0. The van der Waals surface area contributed by atoms with Gasteiger partial charge in [0, 0.05) is 34.0 Å². The van der Waals surface area contributed by atoms with Crippen molar-refractivity contribution in [3.63, 3.8) is 0 Å². The molecule has 0 saturated carbocycles. The Kier molecular flexibility index (Phi) is 34.5. The van der Waals surface area contributed by atoms with Gasteiger partial charge in [-0.1, -0.05) is 0 Å². The maximum Gasteiger partial charge on any atom is 0.300 e. The van der Waals surface area contributed by atoms with Crippen LogP contribution in [0.5, 0.6) is 0 Å². The Hall–Kier alpha value is -1.63. The maximum absolute atomic E-state index is 9.00. The monoisotopic (exact) mass is 254 g/mol. The summed E-state index contributed by atoms with van der Waals surface area (Å²) in [6.07, 6.45) is 0. The Labute approximate surface area is 101 Å². The van der Waals surface area contributed by atoms with Crippen LogP contribution in [-0.4, -0.2) is 46.4 Å². The van der Waals surface area contributed by atoms with Gasteiger partial charge in [0.1, 0.15) is 0 Å². The van der Waals surface area contributed by atoms with Crippen molar-refractivity contribution >= 4 is 17.9 Å². The quantitative estimate of drug-likeness (QED) is 0.679. The summed E-state index contributed by atoms with van der Waals surface area (Å²) in [5.74, 6) is -2.50. The number of carbonyl (C=O) groups is 3. The van der Waals surface area contributed by atoms with Crippen LogP contribution in [0.25, 0.3) is 0 Å². The standard InChI is InChI=1S/C4H10O.3C2H4O2/c1-3-5-4-2;3*1-2(3)4/h3-4H2,1-2H3;3*1H3,(H,3,4). The highest BCUT2D eigenvalue weighted by molar-refractivity contribution is 5.63. The molecule has 0 amide bonds. The average molecular weight is 254 g/mol. The summed E-state index contributed by atoms with van der Waals surface area (Å²) in [6, 6.07) is 0. The first-order valence-electron chi connectivity index (χ1n) is 4.77. The molecular weight excluding hydrogens is 232 g/mol. The second-order valence-electron chi connectivity index (χ2n) is 2.34. The van der Waals surface area contributed by atoms with Crippen molar-refractivity contribution in [2.45, 2.75) is 34.6 Å². The molecule has 0 unspecified atom stereocenters. The van der Waals surface area contributed by atoms with Crippen LogP contribution in [0, 0.1) is 0 Å². The van der Waals surface area contributed by atoms with Crippen LogP contribution in [0.3, 0.4) is 0 Å². The minimum atomic E-state index is -0.833. The topological polar surface area (TPSA) is 121 Å². The number of rotatable bonds is 2. The SMILES string of the molecule is CC(=O)O.CC(=O)O.CC(=O)O.CCOCC. The molecule has 0 aliphatic carbocycles. The lowest BCUT2D eigenvalue weighted by Gasteiger charge is -1.86. The zero-order chi connectivity index (χ0) is 14.9. The lowest BCUT2D eigenvalue weighted by Crippen LogP contribution is -1.84. The first-order valence-corrected chi connectivity index (χ1v) is 4.77. The van der Waals surface area contributed by atoms with E-state index >= 15 is 0 Å². The van der Waals surface area contributed by atoms with Crippen LogP contribution in [0.4, 0.5) is 0 Å². The van der Waals surface area contributed by atoms with Gasteiger partial charge in [0.2, 0.25) is 0 Å². The van der Waals surface area contributed by atoms with Gasteiger partial charge >= 0.3 is 0 Å². The van der Waals surface area contributed by atoms with Crippen molar-refractivity contribution in [1.29, 1.82) is 0 Å². The van der Waals surface area contributed by atoms with Crippen molar-refractivity contribution in [3.8, 4) is 0 Å². The molecule has 7 heteroatoms. The summed E-state index contributed by atoms with van der Waals surface area (Å²) < 4.78 is 4.83. The number of hydrogen-bond acceptors (Lipinski definition) is 4. The molecule has 0 aliphatic rings. The van der Waals surface area contributed by atoms with Gasteiger partial charge in [-0.3, -0.25) is 14.4 Å². The predicted octanol–water partition coefficient (Wildman–Crippen LogP) is 1.32. The smallest absolute Gasteiger partial charge is 0.300 e. The fourth-order valence-electron chi connectivity index (χ4n) is 0.204. The molecule has 0 fully saturated rings. The Balaban J connectivity index is -0.0000000667. The van der Waals surface area contributed by atoms with E-state index in [1.807, 2.05) is 13.8 Å². The Bertz CT molecular complexity index is 147. The third-order valence-electron chi connectivity index (χ3n) is 0.408. The highest BCUT2D eigenvalue weighted by Crippen LogP contribution is 1.64. The lowest BCUT2D eigenvalue weighted by molar-refractivity contribution is -0.135. The van der Waals surface area contributed by atoms with Gasteiger partial charge in [-0.25, -0.2) is 0 Å². The molecule has 0 aromatic carbocycles. The van der Waals surface area contributed by atoms with E-state index in [1.54, 1.807) is 0 Å². The number of carboxylic acids is 3. The Morgan fingerprint density at radius 3 is 0.882 bits per heavy atom. The summed E-state index contributed by atoms with van der Waals surface area (Å²) in [5.41, 5.74) is 0. The zero-order valence-corrected chi connectivity index (χ0v) is 10.9. The van der Waals surface area contributed by atoms with E-state index in [4.69, 9.17) is 34.4 Å². The molecular formula is C10H22O7. The van der Waals surface area contributed by atoms with Crippen LogP contribution in [-0.2, 0) is 19.1 Å². The second kappa shape index (κ2) is 23.9. The number of hydrogen-bond donors (Lipinski definition) is 3. The molecule has 0 rings (SSSR count). The fraction of sp³-hybridized carbons (Fsp3) is 0.700. The summed E-state index contributed by atoms with van der Waals surface area (Å²) >= 11 is 0. The third kappa shape index (κ3) is 16100. The highest BCUT2D eigenvalue weighted by Gasteiger charge is 1.66. The fourth-order valence-corrected chi connectivity index (χ4v) is 0.204. The minimum absolute atomic E-state index is 0.833. The normalized spacial score (nSPS) is 6.88. The average Bonchev–Trinajstić information content (AvgIpc) is 2.01. The molecule has 104 valence electrons. The number of aliphatic carboxylic acids is 3. The molecule has 0 aliphatic heterocycles. The van der Waals surface area contributed by atoms with Gasteiger partial charge < -0.3 is 20.1 Å².